The van der Waals surface area contributed by atoms with E-state index in [4.69, 9.17) is 4.74 Å². The number of hydrogen-bond donors (Lipinski definition) is 6. The lowest BCUT2D eigenvalue weighted by Crippen LogP contribution is -2.52. The lowest BCUT2D eigenvalue weighted by Gasteiger charge is -2.28. The van der Waals surface area contributed by atoms with Gasteiger partial charge in [-0.05, 0) is 50.1 Å². The van der Waals surface area contributed by atoms with Gasteiger partial charge in [0.1, 0.15) is 17.7 Å². The van der Waals surface area contributed by atoms with Crippen LogP contribution in [0.15, 0.2) is 66.7 Å². The van der Waals surface area contributed by atoms with Gasteiger partial charge >= 0.3 is 6.03 Å². The van der Waals surface area contributed by atoms with Gasteiger partial charge < -0.3 is 36.4 Å². The van der Waals surface area contributed by atoms with Gasteiger partial charge in [-0.15, -0.1) is 0 Å². The van der Waals surface area contributed by atoms with E-state index in [0.29, 0.717) is 5.69 Å². The van der Waals surface area contributed by atoms with E-state index in [2.05, 4.69) is 26.6 Å². The number of halogens is 2. The number of hydrogen-bond acceptors (Lipinski definition) is 6. The van der Waals surface area contributed by atoms with Crippen molar-refractivity contribution in [3.8, 4) is 11.1 Å². The van der Waals surface area contributed by atoms with Crippen LogP contribution in [0.1, 0.15) is 38.3 Å². The second-order valence-electron chi connectivity index (χ2n) is 11.3. The molecule has 0 saturated carbocycles. The molecule has 3 aromatic rings. The highest BCUT2D eigenvalue weighted by atomic mass is 19.1. The topological polar surface area (TPSA) is 141 Å². The van der Waals surface area contributed by atoms with Gasteiger partial charge in [-0.2, -0.15) is 0 Å². The first-order valence-electron chi connectivity index (χ1n) is 14.6. The number of ether oxygens (including phenoxy) is 1. The van der Waals surface area contributed by atoms with Crippen LogP contribution in [0.4, 0.5) is 19.3 Å². The zero-order valence-electron chi connectivity index (χ0n) is 25.9. The van der Waals surface area contributed by atoms with Crippen molar-refractivity contribution in [1.29, 1.82) is 0 Å². The number of rotatable bonds is 15. The summed E-state index contributed by atoms with van der Waals surface area (Å²) in [5.74, 6) is -2.55. The van der Waals surface area contributed by atoms with Gasteiger partial charge in [0.05, 0.1) is 25.0 Å². The molecular weight excluding hydrogens is 584 g/mol. The van der Waals surface area contributed by atoms with Gasteiger partial charge in [0, 0.05) is 43.2 Å². The van der Waals surface area contributed by atoms with E-state index in [1.807, 2.05) is 42.5 Å². The largest absolute Gasteiger partial charge is 0.392 e. The van der Waals surface area contributed by atoms with E-state index in [1.54, 1.807) is 26.8 Å². The summed E-state index contributed by atoms with van der Waals surface area (Å²) in [4.78, 5) is 38.0. The van der Waals surface area contributed by atoms with Crippen LogP contribution in [0.2, 0.25) is 0 Å². The fourth-order valence-corrected chi connectivity index (χ4v) is 4.41. The van der Waals surface area contributed by atoms with Crippen LogP contribution in [-0.2, 0) is 27.5 Å². The van der Waals surface area contributed by atoms with Crippen molar-refractivity contribution in [2.45, 2.75) is 58.0 Å². The molecule has 0 radical (unpaired) electrons. The number of amides is 4. The number of carbonyl (C=O) groups excluding carboxylic acids is 3. The molecule has 0 fully saturated rings. The van der Waals surface area contributed by atoms with Crippen LogP contribution < -0.4 is 26.6 Å². The molecule has 242 valence electrons. The Bertz CT molecular complexity index is 1430. The van der Waals surface area contributed by atoms with Gasteiger partial charge in [-0.3, -0.25) is 9.59 Å². The monoisotopic (exact) mass is 625 g/mol. The van der Waals surface area contributed by atoms with E-state index in [-0.39, 0.29) is 37.7 Å². The summed E-state index contributed by atoms with van der Waals surface area (Å²) in [6.45, 7) is 4.84. The molecule has 2 atom stereocenters. The van der Waals surface area contributed by atoms with Crippen molar-refractivity contribution in [3.63, 3.8) is 0 Å². The highest BCUT2D eigenvalue weighted by Crippen LogP contribution is 2.28. The van der Waals surface area contributed by atoms with Gasteiger partial charge in [-0.25, -0.2) is 13.6 Å². The Labute approximate surface area is 261 Å². The molecule has 0 aliphatic heterocycles. The number of β-amino-alcohol motifs (C(OH)–C–C–N with tert-alkyl or cyclic N) is 1. The molecule has 0 aliphatic rings. The highest BCUT2D eigenvalue weighted by Gasteiger charge is 2.26. The minimum atomic E-state index is -1.15. The van der Waals surface area contributed by atoms with Gasteiger partial charge in [0.15, 0.2) is 0 Å². The molecule has 0 aliphatic carbocycles. The molecular formula is C33H41F2N5O5. The minimum absolute atomic E-state index is 0.0108. The summed E-state index contributed by atoms with van der Waals surface area (Å²) in [5.41, 5.74) is 2.10. The van der Waals surface area contributed by atoms with Gasteiger partial charge in [-0.1, -0.05) is 48.5 Å². The first kappa shape index (κ1) is 35.1. The summed E-state index contributed by atoms with van der Waals surface area (Å²) in [5, 5.41) is 23.4. The zero-order chi connectivity index (χ0) is 33.0. The molecule has 6 N–H and O–H groups in total. The highest BCUT2D eigenvalue weighted by molar-refractivity contribution is 5.94. The maximum atomic E-state index is 14.1. The molecule has 0 aromatic heterocycles. The number of carbonyl (C=O) groups is 3. The first-order chi connectivity index (χ1) is 21.4. The molecule has 10 nitrogen and oxygen atoms in total. The number of urea groups is 1. The minimum Gasteiger partial charge on any atom is -0.392 e. The van der Waals surface area contributed by atoms with E-state index < -0.39 is 47.7 Å². The fourth-order valence-electron chi connectivity index (χ4n) is 4.41. The van der Waals surface area contributed by atoms with Crippen molar-refractivity contribution in [1.82, 2.24) is 21.3 Å². The van der Waals surface area contributed by atoms with Gasteiger partial charge in [0.2, 0.25) is 11.8 Å². The lowest BCUT2D eigenvalue weighted by molar-refractivity contribution is -0.131. The summed E-state index contributed by atoms with van der Waals surface area (Å²) >= 11 is 0. The van der Waals surface area contributed by atoms with Crippen molar-refractivity contribution in [2.24, 2.45) is 0 Å². The fraction of sp³-hybridized carbons (Fsp3) is 0.364. The summed E-state index contributed by atoms with van der Waals surface area (Å²) in [6.07, 6.45) is -0.621. The Balaban J connectivity index is 1.67. The number of anilines is 1. The first-order valence-corrected chi connectivity index (χ1v) is 14.6. The zero-order valence-corrected chi connectivity index (χ0v) is 25.9. The van der Waals surface area contributed by atoms with Crippen molar-refractivity contribution in [3.05, 3.63) is 89.5 Å². The predicted molar refractivity (Wildman–Crippen MR) is 168 cm³/mol. The standard InChI is InChI=1S/C33H41F2N5O5/c1-21(41)17-38-33(2,3)16-30(42)39-29(20-45-19-25-26(34)9-7-10-27(25)35)31(43)37-18-22-12-14-23(15-13-22)24-8-5-6-11-28(24)40-32(44)36-4/h5-15,21,29,38,41H,16-20H2,1-4H3,(H,37,43)(H,39,42)(H2,36,40,44)/t21?,29-/m1/s1. The molecule has 45 heavy (non-hydrogen) atoms. The van der Waals surface area contributed by atoms with Crippen LogP contribution in [0.25, 0.3) is 11.1 Å². The Morgan fingerprint density at radius 2 is 1.62 bits per heavy atom. The SMILES string of the molecule is CNC(=O)Nc1ccccc1-c1ccc(CNC(=O)[C@@H](COCc2c(F)cccc2F)NC(=O)CC(C)(C)NCC(C)O)cc1. The smallest absolute Gasteiger partial charge is 0.318 e. The van der Waals surface area contributed by atoms with E-state index in [0.717, 1.165) is 28.8 Å². The van der Waals surface area contributed by atoms with Crippen molar-refractivity contribution >= 4 is 23.5 Å². The quantitative estimate of drug-likeness (QED) is 0.152. The number of para-hydroxylation sites is 1. The maximum absolute atomic E-state index is 14.1. The third kappa shape index (κ3) is 11.2. The van der Waals surface area contributed by atoms with Crippen LogP contribution >= 0.6 is 0 Å². The number of benzene rings is 3. The van der Waals surface area contributed by atoms with Crippen LogP contribution in [-0.4, -0.2) is 60.8 Å². The summed E-state index contributed by atoms with van der Waals surface area (Å²) < 4.78 is 33.7. The second-order valence-corrected chi connectivity index (χ2v) is 11.3. The van der Waals surface area contributed by atoms with Crippen molar-refractivity contribution < 1.29 is 33.0 Å². The van der Waals surface area contributed by atoms with Crippen LogP contribution in [0.5, 0.6) is 0 Å². The number of nitrogens with one attached hydrogen (secondary N) is 5. The van der Waals surface area contributed by atoms with Gasteiger partial charge in [0.25, 0.3) is 0 Å². The third-order valence-electron chi connectivity index (χ3n) is 6.86. The van der Waals surface area contributed by atoms with Crippen LogP contribution in [0, 0.1) is 11.6 Å². The Kier molecular flexibility index (Phi) is 13.0. The predicted octanol–water partition coefficient (Wildman–Crippen LogP) is 3.84. The second kappa shape index (κ2) is 16.6. The number of aliphatic hydroxyl groups excluding tert-OH is 1. The maximum Gasteiger partial charge on any atom is 0.318 e. The van der Waals surface area contributed by atoms with E-state index >= 15 is 0 Å². The van der Waals surface area contributed by atoms with E-state index in [1.165, 1.54) is 13.1 Å². The lowest BCUT2D eigenvalue weighted by atomic mass is 9.99. The Hall–Kier alpha value is -4.39. The normalized spacial score (nSPS) is 12.6. The number of aliphatic hydroxyl groups is 1. The summed E-state index contributed by atoms with van der Waals surface area (Å²) in [6, 6.07) is 16.7. The molecule has 12 heteroatoms. The molecule has 3 rings (SSSR count). The Morgan fingerprint density at radius 1 is 0.956 bits per heavy atom. The molecule has 0 saturated heterocycles. The van der Waals surface area contributed by atoms with Crippen LogP contribution in [0.3, 0.4) is 0 Å². The molecule has 0 spiro atoms. The van der Waals surface area contributed by atoms with Crippen molar-refractivity contribution in [2.75, 3.05) is 25.5 Å². The average molecular weight is 626 g/mol. The van der Waals surface area contributed by atoms with E-state index in [9.17, 15) is 28.3 Å². The average Bonchev–Trinajstić information content (AvgIpc) is 3.00. The molecule has 0 heterocycles. The molecule has 4 amide bonds. The third-order valence-corrected chi connectivity index (χ3v) is 6.86. The molecule has 3 aromatic carbocycles. The summed E-state index contributed by atoms with van der Waals surface area (Å²) in [7, 11) is 1.53. The molecule has 0 bridgehead atoms. The molecule has 1 unspecified atom stereocenters. The Morgan fingerprint density at radius 3 is 2.27 bits per heavy atom.